The fraction of sp³-hybridized carbons (Fsp3) is 0.800. The molecule has 2 rings (SSSR count). The third kappa shape index (κ3) is 3.29. The first-order chi connectivity index (χ1) is 8.96. The highest BCUT2D eigenvalue weighted by atomic mass is 32.1. The molecule has 1 unspecified atom stereocenters. The van der Waals surface area contributed by atoms with Crippen LogP contribution < -0.4 is 4.90 Å². The number of anilines is 1. The van der Waals surface area contributed by atoms with Gasteiger partial charge in [-0.3, -0.25) is 0 Å². The highest BCUT2D eigenvalue weighted by Gasteiger charge is 2.27. The van der Waals surface area contributed by atoms with Gasteiger partial charge in [-0.2, -0.15) is 0 Å². The van der Waals surface area contributed by atoms with Gasteiger partial charge in [-0.15, -0.1) is 0 Å². The summed E-state index contributed by atoms with van der Waals surface area (Å²) in [6.45, 7) is 11.4. The molecule has 1 fully saturated rings. The molecule has 1 saturated heterocycles. The van der Waals surface area contributed by atoms with Crippen LogP contribution in [0, 0.1) is 5.41 Å². The SMILES string of the molecule is CCC(C)c1nc(N2CCC(C)(C)CC2)sc1CO. The van der Waals surface area contributed by atoms with E-state index in [0.29, 0.717) is 11.3 Å². The van der Waals surface area contributed by atoms with Crippen LogP contribution in [0.5, 0.6) is 0 Å². The minimum absolute atomic E-state index is 0.122. The van der Waals surface area contributed by atoms with Gasteiger partial charge in [-0.1, -0.05) is 39.0 Å². The van der Waals surface area contributed by atoms with Crippen LogP contribution >= 0.6 is 11.3 Å². The van der Waals surface area contributed by atoms with Crippen molar-refractivity contribution in [2.45, 2.75) is 59.5 Å². The van der Waals surface area contributed by atoms with Gasteiger partial charge in [0.05, 0.1) is 17.2 Å². The van der Waals surface area contributed by atoms with Crippen LogP contribution in [0.15, 0.2) is 0 Å². The normalized spacial score (nSPS) is 20.6. The Hall–Kier alpha value is -0.610. The lowest BCUT2D eigenvalue weighted by atomic mass is 9.83. The van der Waals surface area contributed by atoms with Gasteiger partial charge in [-0.05, 0) is 30.6 Å². The van der Waals surface area contributed by atoms with E-state index >= 15 is 0 Å². The molecular formula is C15H26N2OS. The summed E-state index contributed by atoms with van der Waals surface area (Å²) in [7, 11) is 0. The lowest BCUT2D eigenvalue weighted by Crippen LogP contribution is -2.37. The van der Waals surface area contributed by atoms with Gasteiger partial charge >= 0.3 is 0 Å². The molecule has 0 amide bonds. The zero-order valence-electron chi connectivity index (χ0n) is 12.6. The van der Waals surface area contributed by atoms with Crippen molar-refractivity contribution in [3.63, 3.8) is 0 Å². The van der Waals surface area contributed by atoms with Crippen LogP contribution in [0.2, 0.25) is 0 Å². The number of rotatable bonds is 4. The van der Waals surface area contributed by atoms with E-state index in [1.54, 1.807) is 11.3 Å². The molecule has 0 aromatic carbocycles. The summed E-state index contributed by atoms with van der Waals surface area (Å²) in [4.78, 5) is 8.25. The quantitative estimate of drug-likeness (QED) is 0.913. The van der Waals surface area contributed by atoms with Crippen LogP contribution in [0.25, 0.3) is 0 Å². The van der Waals surface area contributed by atoms with E-state index in [0.717, 1.165) is 35.2 Å². The van der Waals surface area contributed by atoms with Crippen molar-refractivity contribution in [2.24, 2.45) is 5.41 Å². The molecule has 1 atom stereocenters. The number of aliphatic hydroxyl groups is 1. The Kier molecular flexibility index (Phi) is 4.51. The van der Waals surface area contributed by atoms with Crippen molar-refractivity contribution in [1.82, 2.24) is 4.98 Å². The largest absolute Gasteiger partial charge is 0.391 e. The average molecular weight is 282 g/mol. The zero-order chi connectivity index (χ0) is 14.0. The van der Waals surface area contributed by atoms with Crippen molar-refractivity contribution in [3.8, 4) is 0 Å². The van der Waals surface area contributed by atoms with E-state index in [1.807, 2.05) is 0 Å². The zero-order valence-corrected chi connectivity index (χ0v) is 13.4. The molecule has 0 spiro atoms. The van der Waals surface area contributed by atoms with Crippen molar-refractivity contribution in [2.75, 3.05) is 18.0 Å². The first-order valence-electron chi connectivity index (χ1n) is 7.32. The van der Waals surface area contributed by atoms with Crippen LogP contribution in [0.3, 0.4) is 0 Å². The predicted octanol–water partition coefficient (Wildman–Crippen LogP) is 3.78. The Balaban J connectivity index is 2.15. The lowest BCUT2D eigenvalue weighted by molar-refractivity contribution is 0.279. The van der Waals surface area contributed by atoms with E-state index in [2.05, 4.69) is 32.6 Å². The maximum atomic E-state index is 9.51. The molecule has 2 heterocycles. The summed E-state index contributed by atoms with van der Waals surface area (Å²) in [5.74, 6) is 0.438. The van der Waals surface area contributed by atoms with E-state index < -0.39 is 0 Å². The minimum Gasteiger partial charge on any atom is -0.391 e. The predicted molar refractivity (Wildman–Crippen MR) is 82.0 cm³/mol. The number of hydrogen-bond donors (Lipinski definition) is 1. The number of thiazole rings is 1. The summed E-state index contributed by atoms with van der Waals surface area (Å²) >= 11 is 1.67. The molecule has 1 aromatic rings. The van der Waals surface area contributed by atoms with Crippen molar-refractivity contribution >= 4 is 16.5 Å². The van der Waals surface area contributed by atoms with E-state index in [1.165, 1.54) is 12.8 Å². The number of piperidine rings is 1. The lowest BCUT2D eigenvalue weighted by Gasteiger charge is -2.36. The molecule has 1 aliphatic rings. The third-order valence-corrected chi connectivity index (χ3v) is 5.44. The second-order valence-corrected chi connectivity index (χ2v) is 7.49. The van der Waals surface area contributed by atoms with E-state index in [4.69, 9.17) is 4.98 Å². The summed E-state index contributed by atoms with van der Waals surface area (Å²) in [5, 5.41) is 10.6. The second kappa shape index (κ2) is 5.80. The van der Waals surface area contributed by atoms with Gasteiger partial charge in [0, 0.05) is 13.1 Å². The third-order valence-electron chi connectivity index (χ3n) is 4.33. The second-order valence-electron chi connectivity index (χ2n) is 6.42. The van der Waals surface area contributed by atoms with Crippen LogP contribution in [-0.4, -0.2) is 23.2 Å². The standard InChI is InChI=1S/C15H26N2OS/c1-5-11(2)13-12(10-18)19-14(16-13)17-8-6-15(3,4)7-9-17/h11,18H,5-10H2,1-4H3. The molecule has 1 N–H and O–H groups in total. The van der Waals surface area contributed by atoms with Crippen LogP contribution in [-0.2, 0) is 6.61 Å². The first kappa shape index (κ1) is 14.8. The van der Waals surface area contributed by atoms with Gasteiger partial charge in [0.2, 0.25) is 0 Å². The molecule has 1 aromatic heterocycles. The minimum atomic E-state index is 0.122. The summed E-state index contributed by atoms with van der Waals surface area (Å²) in [5.41, 5.74) is 1.57. The maximum absolute atomic E-state index is 9.51. The fourth-order valence-corrected chi connectivity index (χ4v) is 3.57. The molecule has 1 aliphatic heterocycles. The van der Waals surface area contributed by atoms with Crippen molar-refractivity contribution in [1.29, 1.82) is 0 Å². The monoisotopic (exact) mass is 282 g/mol. The number of nitrogens with zero attached hydrogens (tertiary/aromatic N) is 2. The fourth-order valence-electron chi connectivity index (χ4n) is 2.48. The Morgan fingerprint density at radius 3 is 2.53 bits per heavy atom. The van der Waals surface area contributed by atoms with Crippen LogP contribution in [0.4, 0.5) is 5.13 Å². The molecule has 0 radical (unpaired) electrons. The molecule has 19 heavy (non-hydrogen) atoms. The van der Waals surface area contributed by atoms with E-state index in [9.17, 15) is 5.11 Å². The Labute approximate surface area is 120 Å². The topological polar surface area (TPSA) is 36.4 Å². The molecule has 0 saturated carbocycles. The number of aromatic nitrogens is 1. The molecule has 0 bridgehead atoms. The highest BCUT2D eigenvalue weighted by molar-refractivity contribution is 7.15. The van der Waals surface area contributed by atoms with Gasteiger partial charge < -0.3 is 10.0 Å². The van der Waals surface area contributed by atoms with Crippen molar-refractivity contribution in [3.05, 3.63) is 10.6 Å². The number of hydrogen-bond acceptors (Lipinski definition) is 4. The summed E-state index contributed by atoms with van der Waals surface area (Å²) in [6.07, 6.45) is 3.52. The summed E-state index contributed by atoms with van der Waals surface area (Å²) < 4.78 is 0. The Morgan fingerprint density at radius 2 is 2.00 bits per heavy atom. The smallest absolute Gasteiger partial charge is 0.185 e. The van der Waals surface area contributed by atoms with Crippen molar-refractivity contribution < 1.29 is 5.11 Å². The van der Waals surface area contributed by atoms with Gasteiger partial charge in [0.15, 0.2) is 5.13 Å². The Morgan fingerprint density at radius 1 is 1.37 bits per heavy atom. The molecular weight excluding hydrogens is 256 g/mol. The average Bonchev–Trinajstić information content (AvgIpc) is 2.82. The van der Waals surface area contributed by atoms with E-state index in [-0.39, 0.29) is 6.61 Å². The van der Waals surface area contributed by atoms with Crippen LogP contribution in [0.1, 0.15) is 63.4 Å². The molecule has 4 heteroatoms. The summed E-state index contributed by atoms with van der Waals surface area (Å²) in [6, 6.07) is 0. The first-order valence-corrected chi connectivity index (χ1v) is 8.14. The van der Waals surface area contributed by atoms with Gasteiger partial charge in [0.25, 0.3) is 0 Å². The number of aliphatic hydroxyl groups excluding tert-OH is 1. The van der Waals surface area contributed by atoms with Gasteiger partial charge in [-0.25, -0.2) is 4.98 Å². The molecule has 3 nitrogen and oxygen atoms in total. The molecule has 0 aliphatic carbocycles. The Bertz CT molecular complexity index is 418. The highest BCUT2D eigenvalue weighted by Crippen LogP contribution is 2.36. The molecule has 108 valence electrons. The maximum Gasteiger partial charge on any atom is 0.185 e. The van der Waals surface area contributed by atoms with Gasteiger partial charge in [0.1, 0.15) is 0 Å².